The number of hydrogen-bond donors (Lipinski definition) is 2. The van der Waals surface area contributed by atoms with E-state index in [1.807, 2.05) is 13.1 Å². The fourth-order valence-electron chi connectivity index (χ4n) is 1.95. The van der Waals surface area contributed by atoms with Crippen LogP contribution in [0.1, 0.15) is 24.1 Å². The molecule has 1 atom stereocenters. The third-order valence-corrected chi connectivity index (χ3v) is 2.92. The minimum Gasteiger partial charge on any atom is -0.406 e. The lowest BCUT2D eigenvalue weighted by Crippen LogP contribution is -2.28. The Morgan fingerprint density at radius 1 is 1.29 bits per heavy atom. The average molecular weight is 300 g/mol. The minimum absolute atomic E-state index is 0.272. The van der Waals surface area contributed by atoms with Crippen LogP contribution in [-0.2, 0) is 6.54 Å². The van der Waals surface area contributed by atoms with Crippen LogP contribution in [0.3, 0.4) is 0 Å². The third kappa shape index (κ3) is 3.96. The Morgan fingerprint density at radius 2 is 1.95 bits per heavy atom. The molecule has 0 saturated carbocycles. The first-order valence-corrected chi connectivity index (χ1v) is 6.27. The Labute approximate surface area is 119 Å². The van der Waals surface area contributed by atoms with Gasteiger partial charge >= 0.3 is 6.36 Å². The molecule has 0 fully saturated rings. The molecule has 0 saturated heterocycles. The van der Waals surface area contributed by atoms with Gasteiger partial charge in [0.25, 0.3) is 0 Å². The van der Waals surface area contributed by atoms with E-state index >= 15 is 0 Å². The number of nitrogens with zero attached hydrogens (tertiary/aromatic N) is 2. The van der Waals surface area contributed by atoms with E-state index in [0.717, 1.165) is 12.1 Å². The van der Waals surface area contributed by atoms with Crippen LogP contribution in [0.4, 0.5) is 13.2 Å². The highest BCUT2D eigenvalue weighted by Gasteiger charge is 2.31. The number of alkyl halides is 3. The first kappa shape index (κ1) is 15.3. The number of nitrogens with one attached hydrogen (secondary N) is 1. The van der Waals surface area contributed by atoms with Gasteiger partial charge in [-0.15, -0.1) is 13.2 Å². The van der Waals surface area contributed by atoms with Crippen LogP contribution in [0.25, 0.3) is 0 Å². The average Bonchev–Trinajstić information content (AvgIpc) is 2.88. The van der Waals surface area contributed by atoms with Crippen molar-refractivity contribution in [3.05, 3.63) is 47.8 Å². The van der Waals surface area contributed by atoms with Crippen LogP contribution in [0, 0.1) is 0 Å². The Balaban J connectivity index is 2.19. The Morgan fingerprint density at radius 3 is 2.43 bits per heavy atom. The van der Waals surface area contributed by atoms with Crippen molar-refractivity contribution in [1.82, 2.24) is 15.2 Å². The van der Waals surface area contributed by atoms with Gasteiger partial charge in [-0.3, -0.25) is 10.5 Å². The van der Waals surface area contributed by atoms with Crippen molar-refractivity contribution in [2.24, 2.45) is 5.84 Å². The van der Waals surface area contributed by atoms with Crippen LogP contribution in [0.5, 0.6) is 5.75 Å². The molecule has 3 N–H and O–H groups in total. The van der Waals surface area contributed by atoms with Crippen molar-refractivity contribution in [2.45, 2.75) is 25.9 Å². The van der Waals surface area contributed by atoms with Crippen molar-refractivity contribution in [3.63, 3.8) is 0 Å². The molecule has 2 rings (SSSR count). The quantitative estimate of drug-likeness (QED) is 0.657. The van der Waals surface area contributed by atoms with Gasteiger partial charge in [0.1, 0.15) is 5.75 Å². The van der Waals surface area contributed by atoms with E-state index < -0.39 is 6.36 Å². The van der Waals surface area contributed by atoms with Crippen molar-refractivity contribution in [2.75, 3.05) is 0 Å². The molecule has 0 radical (unpaired) electrons. The third-order valence-electron chi connectivity index (χ3n) is 2.92. The number of aryl methyl sites for hydroxylation is 1. The fourth-order valence-corrected chi connectivity index (χ4v) is 1.95. The molecule has 114 valence electrons. The second-order valence-electron chi connectivity index (χ2n) is 4.35. The van der Waals surface area contributed by atoms with Gasteiger partial charge in [0, 0.05) is 18.3 Å². The van der Waals surface area contributed by atoms with E-state index in [4.69, 9.17) is 5.84 Å². The number of benzene rings is 1. The van der Waals surface area contributed by atoms with Gasteiger partial charge in [0.2, 0.25) is 0 Å². The van der Waals surface area contributed by atoms with Crippen molar-refractivity contribution in [3.8, 4) is 5.75 Å². The predicted octanol–water partition coefficient (Wildman–Crippen LogP) is 2.35. The van der Waals surface area contributed by atoms with Crippen LogP contribution in [0.15, 0.2) is 36.7 Å². The lowest BCUT2D eigenvalue weighted by molar-refractivity contribution is -0.274. The van der Waals surface area contributed by atoms with Gasteiger partial charge in [-0.25, -0.2) is 5.43 Å². The molecule has 1 unspecified atom stereocenters. The largest absolute Gasteiger partial charge is 0.573 e. The molecule has 0 aliphatic rings. The summed E-state index contributed by atoms with van der Waals surface area (Å²) < 4.78 is 41.9. The molecule has 0 spiro atoms. The molecule has 2 aromatic rings. The Hall–Kier alpha value is -2.06. The SMILES string of the molecule is CCn1cc(C(NN)c2ccc(OC(F)(F)F)cc2)cn1. The van der Waals surface area contributed by atoms with Crippen molar-refractivity contribution in [1.29, 1.82) is 0 Å². The normalized spacial score (nSPS) is 13.2. The zero-order valence-corrected chi connectivity index (χ0v) is 11.3. The fraction of sp³-hybridized carbons (Fsp3) is 0.308. The monoisotopic (exact) mass is 300 g/mol. The smallest absolute Gasteiger partial charge is 0.406 e. The van der Waals surface area contributed by atoms with E-state index in [1.165, 1.54) is 24.3 Å². The molecule has 8 heteroatoms. The number of aromatic nitrogens is 2. The summed E-state index contributed by atoms with van der Waals surface area (Å²) in [5.41, 5.74) is 4.16. The van der Waals surface area contributed by atoms with Gasteiger partial charge in [-0.2, -0.15) is 5.10 Å². The maximum absolute atomic E-state index is 12.1. The molecular formula is C13H15F3N4O. The molecule has 0 amide bonds. The van der Waals surface area contributed by atoms with Gasteiger partial charge in [-0.1, -0.05) is 12.1 Å². The Kier molecular flexibility index (Phi) is 4.49. The summed E-state index contributed by atoms with van der Waals surface area (Å²) in [4.78, 5) is 0. The zero-order valence-electron chi connectivity index (χ0n) is 11.3. The molecule has 0 bridgehead atoms. The molecule has 1 aromatic heterocycles. The van der Waals surface area contributed by atoms with Crippen LogP contribution >= 0.6 is 0 Å². The summed E-state index contributed by atoms with van der Waals surface area (Å²) in [6.07, 6.45) is -1.21. The predicted molar refractivity (Wildman–Crippen MR) is 70.2 cm³/mol. The topological polar surface area (TPSA) is 65.1 Å². The van der Waals surface area contributed by atoms with E-state index in [9.17, 15) is 13.2 Å². The summed E-state index contributed by atoms with van der Waals surface area (Å²) in [6.45, 7) is 2.67. The summed E-state index contributed by atoms with van der Waals surface area (Å²) >= 11 is 0. The molecule has 0 aliphatic carbocycles. The van der Waals surface area contributed by atoms with Gasteiger partial charge < -0.3 is 4.74 Å². The molecule has 21 heavy (non-hydrogen) atoms. The van der Waals surface area contributed by atoms with Crippen LogP contribution in [0.2, 0.25) is 0 Å². The summed E-state index contributed by atoms with van der Waals surface area (Å²) in [5.74, 6) is 5.26. The van der Waals surface area contributed by atoms with Gasteiger partial charge in [0.05, 0.1) is 12.2 Å². The molecule has 1 heterocycles. The van der Waals surface area contributed by atoms with Crippen LogP contribution < -0.4 is 16.0 Å². The molecular weight excluding hydrogens is 285 g/mol. The summed E-state index contributed by atoms with van der Waals surface area (Å²) in [7, 11) is 0. The van der Waals surface area contributed by atoms with E-state index in [2.05, 4.69) is 15.3 Å². The first-order chi connectivity index (χ1) is 9.93. The highest BCUT2D eigenvalue weighted by atomic mass is 19.4. The highest BCUT2D eigenvalue weighted by molar-refractivity contribution is 5.34. The second-order valence-corrected chi connectivity index (χ2v) is 4.35. The number of ether oxygens (including phenoxy) is 1. The molecule has 5 nitrogen and oxygen atoms in total. The van der Waals surface area contributed by atoms with E-state index in [0.29, 0.717) is 5.56 Å². The Bertz CT molecular complexity index is 580. The molecule has 0 aliphatic heterocycles. The van der Waals surface area contributed by atoms with Crippen molar-refractivity contribution >= 4 is 0 Å². The molecule has 1 aromatic carbocycles. The number of halogens is 3. The standard InChI is InChI=1S/C13H15F3N4O/c1-2-20-8-10(7-18-20)12(19-17)9-3-5-11(6-4-9)21-13(14,15)16/h3-8,12,19H,2,17H2,1H3. The number of rotatable bonds is 5. The summed E-state index contributed by atoms with van der Waals surface area (Å²) in [5, 5.41) is 4.14. The lowest BCUT2D eigenvalue weighted by atomic mass is 10.0. The van der Waals surface area contributed by atoms with Gasteiger partial charge in [0.15, 0.2) is 0 Å². The lowest BCUT2D eigenvalue weighted by Gasteiger charge is -2.15. The minimum atomic E-state index is -4.70. The number of nitrogens with two attached hydrogens (primary N) is 1. The van der Waals surface area contributed by atoms with E-state index in [1.54, 1.807) is 10.9 Å². The summed E-state index contributed by atoms with van der Waals surface area (Å²) in [6, 6.07) is 5.18. The number of hydrazine groups is 1. The van der Waals surface area contributed by atoms with Crippen LogP contribution in [-0.4, -0.2) is 16.1 Å². The van der Waals surface area contributed by atoms with E-state index in [-0.39, 0.29) is 11.8 Å². The van der Waals surface area contributed by atoms with Crippen molar-refractivity contribution < 1.29 is 17.9 Å². The zero-order chi connectivity index (χ0) is 15.5. The van der Waals surface area contributed by atoms with Gasteiger partial charge in [-0.05, 0) is 24.6 Å². The maximum atomic E-state index is 12.1. The second kappa shape index (κ2) is 6.15. The highest BCUT2D eigenvalue weighted by Crippen LogP contribution is 2.26. The number of hydrogen-bond acceptors (Lipinski definition) is 4. The first-order valence-electron chi connectivity index (χ1n) is 6.27. The maximum Gasteiger partial charge on any atom is 0.573 e.